The Bertz CT molecular complexity index is 157. The molecule has 0 fully saturated rings. The van der Waals surface area contributed by atoms with Crippen molar-refractivity contribution in [2.75, 3.05) is 20.1 Å². The largest absolute Gasteiger partial charge is 0.355 e. The average Bonchev–Trinajstić information content (AvgIpc) is 1.87. The molecule has 0 saturated carbocycles. The molecule has 0 spiro atoms. The number of hydrogen-bond acceptors (Lipinski definition) is 2. The van der Waals surface area contributed by atoms with Gasteiger partial charge in [-0.3, -0.25) is 9.59 Å². The quantitative estimate of drug-likeness (QED) is 0.607. The lowest BCUT2D eigenvalue weighted by Crippen LogP contribution is -2.37. The molecule has 0 bridgehead atoms. The van der Waals surface area contributed by atoms with E-state index >= 15 is 0 Å². The summed E-state index contributed by atoms with van der Waals surface area (Å²) < 4.78 is 0. The van der Waals surface area contributed by atoms with E-state index in [9.17, 15) is 9.59 Å². The summed E-state index contributed by atoms with van der Waals surface area (Å²) in [7, 11) is 1.59. The molecule has 4 nitrogen and oxygen atoms in total. The third kappa shape index (κ3) is 4.36. The molecule has 0 aliphatic carbocycles. The van der Waals surface area contributed by atoms with Gasteiger partial charge in [0.05, 0.1) is 6.54 Å². The van der Waals surface area contributed by atoms with E-state index in [1.54, 1.807) is 7.05 Å². The number of carbonyl (C=O) groups is 2. The SMILES string of the molecule is CCNC(=O)CN(C)C(C)=O. The van der Waals surface area contributed by atoms with Gasteiger partial charge < -0.3 is 10.2 Å². The zero-order valence-electron chi connectivity index (χ0n) is 7.18. The summed E-state index contributed by atoms with van der Waals surface area (Å²) in [6.45, 7) is 4.01. The molecule has 0 rings (SSSR count). The zero-order chi connectivity index (χ0) is 8.85. The third-order valence-corrected chi connectivity index (χ3v) is 1.29. The summed E-state index contributed by atoms with van der Waals surface area (Å²) in [6, 6.07) is 0. The smallest absolute Gasteiger partial charge is 0.239 e. The highest BCUT2D eigenvalue weighted by molar-refractivity contribution is 5.83. The van der Waals surface area contributed by atoms with Crippen LogP contribution in [0.2, 0.25) is 0 Å². The Kier molecular flexibility index (Phi) is 4.26. The van der Waals surface area contributed by atoms with Crippen LogP contribution in [0.25, 0.3) is 0 Å². The van der Waals surface area contributed by atoms with Crippen molar-refractivity contribution in [3.8, 4) is 0 Å². The van der Waals surface area contributed by atoms with Gasteiger partial charge in [-0.1, -0.05) is 0 Å². The normalized spacial score (nSPS) is 9.00. The van der Waals surface area contributed by atoms with Crippen molar-refractivity contribution in [2.24, 2.45) is 0 Å². The first-order valence-electron chi connectivity index (χ1n) is 3.56. The molecule has 0 unspecified atom stereocenters. The molecule has 0 aliphatic heterocycles. The molecule has 11 heavy (non-hydrogen) atoms. The van der Waals surface area contributed by atoms with Gasteiger partial charge in [0.2, 0.25) is 11.8 Å². The lowest BCUT2D eigenvalue weighted by atomic mass is 10.5. The van der Waals surface area contributed by atoms with Gasteiger partial charge in [-0.25, -0.2) is 0 Å². The van der Waals surface area contributed by atoms with E-state index in [0.29, 0.717) is 6.54 Å². The van der Waals surface area contributed by atoms with Crippen LogP contribution < -0.4 is 5.32 Å². The Labute approximate surface area is 66.6 Å². The molecule has 0 aromatic rings. The molecule has 0 aliphatic rings. The number of nitrogens with zero attached hydrogens (tertiary/aromatic N) is 1. The highest BCUT2D eigenvalue weighted by atomic mass is 16.2. The molecule has 0 aromatic heterocycles. The van der Waals surface area contributed by atoms with Gasteiger partial charge in [-0.15, -0.1) is 0 Å². The predicted octanol–water partition coefficient (Wildman–Crippen LogP) is -0.399. The first-order valence-corrected chi connectivity index (χ1v) is 3.56. The van der Waals surface area contributed by atoms with Crippen molar-refractivity contribution in [1.29, 1.82) is 0 Å². The first-order chi connectivity index (χ1) is 5.07. The molecular formula is C7H14N2O2. The minimum atomic E-state index is -0.120. The van der Waals surface area contributed by atoms with Crippen molar-refractivity contribution in [2.45, 2.75) is 13.8 Å². The molecule has 2 amide bonds. The van der Waals surface area contributed by atoms with Crippen LogP contribution in [-0.4, -0.2) is 36.9 Å². The van der Waals surface area contributed by atoms with Gasteiger partial charge in [0.1, 0.15) is 0 Å². The Hall–Kier alpha value is -1.06. The molecule has 0 aromatic carbocycles. The highest BCUT2D eigenvalue weighted by Gasteiger charge is 2.06. The Morgan fingerprint density at radius 3 is 2.36 bits per heavy atom. The lowest BCUT2D eigenvalue weighted by Gasteiger charge is -2.13. The van der Waals surface area contributed by atoms with Gasteiger partial charge in [-0.2, -0.15) is 0 Å². The van der Waals surface area contributed by atoms with Crippen molar-refractivity contribution in [3.05, 3.63) is 0 Å². The highest BCUT2D eigenvalue weighted by Crippen LogP contribution is 1.81. The maximum Gasteiger partial charge on any atom is 0.239 e. The van der Waals surface area contributed by atoms with E-state index in [2.05, 4.69) is 5.32 Å². The topological polar surface area (TPSA) is 49.4 Å². The number of likely N-dealkylation sites (N-methyl/N-ethyl adjacent to an activating group) is 2. The fourth-order valence-electron chi connectivity index (χ4n) is 0.580. The number of hydrogen-bond donors (Lipinski definition) is 1. The lowest BCUT2D eigenvalue weighted by molar-refractivity contribution is -0.133. The third-order valence-electron chi connectivity index (χ3n) is 1.29. The second-order valence-electron chi connectivity index (χ2n) is 2.33. The van der Waals surface area contributed by atoms with Crippen LogP contribution in [0.3, 0.4) is 0 Å². The Balaban J connectivity index is 3.66. The first kappa shape index (κ1) is 9.94. The number of amides is 2. The fourth-order valence-corrected chi connectivity index (χ4v) is 0.580. The van der Waals surface area contributed by atoms with E-state index in [4.69, 9.17) is 0 Å². The number of nitrogens with one attached hydrogen (secondary N) is 1. The molecule has 0 heterocycles. The molecule has 4 heteroatoms. The fraction of sp³-hybridized carbons (Fsp3) is 0.714. The van der Waals surface area contributed by atoms with Crippen LogP contribution in [-0.2, 0) is 9.59 Å². The van der Waals surface area contributed by atoms with Crippen molar-refractivity contribution >= 4 is 11.8 Å². The van der Waals surface area contributed by atoms with Gasteiger partial charge in [-0.05, 0) is 6.92 Å². The molecule has 1 N–H and O–H groups in total. The van der Waals surface area contributed by atoms with Crippen LogP contribution in [0, 0.1) is 0 Å². The van der Waals surface area contributed by atoms with Crippen molar-refractivity contribution < 1.29 is 9.59 Å². The summed E-state index contributed by atoms with van der Waals surface area (Å²) in [5.41, 5.74) is 0. The zero-order valence-corrected chi connectivity index (χ0v) is 7.18. The Morgan fingerprint density at radius 2 is 2.00 bits per heavy atom. The molecule has 0 saturated heterocycles. The number of carbonyl (C=O) groups excluding carboxylic acids is 2. The predicted molar refractivity (Wildman–Crippen MR) is 42.0 cm³/mol. The van der Waals surface area contributed by atoms with Crippen LogP contribution in [0.5, 0.6) is 0 Å². The Morgan fingerprint density at radius 1 is 1.45 bits per heavy atom. The van der Waals surface area contributed by atoms with E-state index < -0.39 is 0 Å². The summed E-state index contributed by atoms with van der Waals surface area (Å²) in [4.78, 5) is 22.8. The maximum absolute atomic E-state index is 10.9. The van der Waals surface area contributed by atoms with Crippen molar-refractivity contribution in [3.63, 3.8) is 0 Å². The van der Waals surface area contributed by atoms with Gasteiger partial charge in [0.25, 0.3) is 0 Å². The molecule has 0 radical (unpaired) electrons. The van der Waals surface area contributed by atoms with Gasteiger partial charge >= 0.3 is 0 Å². The summed E-state index contributed by atoms with van der Waals surface area (Å²) in [5, 5.41) is 2.60. The summed E-state index contributed by atoms with van der Waals surface area (Å²) in [5.74, 6) is -0.221. The minimum absolute atomic E-state index is 0.101. The van der Waals surface area contributed by atoms with Crippen LogP contribution in [0.4, 0.5) is 0 Å². The average molecular weight is 158 g/mol. The minimum Gasteiger partial charge on any atom is -0.355 e. The van der Waals surface area contributed by atoms with Crippen LogP contribution >= 0.6 is 0 Å². The molecular weight excluding hydrogens is 144 g/mol. The van der Waals surface area contributed by atoms with Crippen LogP contribution in [0.15, 0.2) is 0 Å². The summed E-state index contributed by atoms with van der Waals surface area (Å²) in [6.07, 6.45) is 0. The van der Waals surface area contributed by atoms with E-state index in [1.807, 2.05) is 6.92 Å². The summed E-state index contributed by atoms with van der Waals surface area (Å²) >= 11 is 0. The van der Waals surface area contributed by atoms with Gasteiger partial charge in [0.15, 0.2) is 0 Å². The second kappa shape index (κ2) is 4.71. The monoisotopic (exact) mass is 158 g/mol. The maximum atomic E-state index is 10.9. The standard InChI is InChI=1S/C7H14N2O2/c1-4-8-7(11)5-9(3)6(2)10/h4-5H2,1-3H3,(H,8,11). The van der Waals surface area contributed by atoms with Crippen LogP contribution in [0.1, 0.15) is 13.8 Å². The number of rotatable bonds is 3. The van der Waals surface area contributed by atoms with E-state index in [1.165, 1.54) is 11.8 Å². The van der Waals surface area contributed by atoms with Gasteiger partial charge in [0, 0.05) is 20.5 Å². The molecule has 64 valence electrons. The van der Waals surface area contributed by atoms with E-state index in [0.717, 1.165) is 0 Å². The van der Waals surface area contributed by atoms with E-state index in [-0.39, 0.29) is 18.4 Å². The second-order valence-corrected chi connectivity index (χ2v) is 2.33. The van der Waals surface area contributed by atoms with Crippen molar-refractivity contribution in [1.82, 2.24) is 10.2 Å². The molecule has 0 atom stereocenters.